The summed E-state index contributed by atoms with van der Waals surface area (Å²) in [6.07, 6.45) is 1.88. The van der Waals surface area contributed by atoms with E-state index < -0.39 is 5.97 Å². The molecule has 0 atom stereocenters. The van der Waals surface area contributed by atoms with Gasteiger partial charge in [0.15, 0.2) is 11.4 Å². The van der Waals surface area contributed by atoms with Crippen LogP contribution in [0.4, 0.5) is 0 Å². The Morgan fingerprint density at radius 1 is 1.32 bits per heavy atom. The molecule has 0 spiro atoms. The van der Waals surface area contributed by atoms with Gasteiger partial charge in [-0.1, -0.05) is 12.1 Å². The molecule has 0 saturated carbocycles. The average molecular weight is 335 g/mol. The summed E-state index contributed by atoms with van der Waals surface area (Å²) >= 11 is 0. The predicted octanol–water partition coefficient (Wildman–Crippen LogP) is 3.14. The molecule has 0 saturated heterocycles. The standard InChI is InChI=1S/C19H17N3O3/c1-3-25-19(23)16-10-14-7-8-22(18(14)17(11-20)21-16)12-13-5-4-6-15(9-13)24-2/h4-10H,3,12H2,1-2H3. The largest absolute Gasteiger partial charge is 0.497 e. The van der Waals surface area contributed by atoms with Crippen LogP contribution in [0.1, 0.15) is 28.7 Å². The van der Waals surface area contributed by atoms with E-state index in [0.29, 0.717) is 12.1 Å². The molecule has 0 N–H and O–H groups in total. The average Bonchev–Trinajstić information content (AvgIpc) is 3.04. The van der Waals surface area contributed by atoms with Crippen LogP contribution in [0.25, 0.3) is 10.9 Å². The molecular formula is C19H17N3O3. The number of methoxy groups -OCH3 is 1. The minimum absolute atomic E-state index is 0.144. The highest BCUT2D eigenvalue weighted by Gasteiger charge is 2.16. The van der Waals surface area contributed by atoms with Crippen molar-refractivity contribution >= 4 is 16.9 Å². The molecule has 0 fully saturated rings. The maximum Gasteiger partial charge on any atom is 0.356 e. The van der Waals surface area contributed by atoms with Gasteiger partial charge in [-0.3, -0.25) is 0 Å². The Morgan fingerprint density at radius 3 is 2.88 bits per heavy atom. The number of hydrogen-bond acceptors (Lipinski definition) is 5. The molecule has 0 radical (unpaired) electrons. The predicted molar refractivity (Wildman–Crippen MR) is 92.5 cm³/mol. The highest BCUT2D eigenvalue weighted by molar-refractivity contribution is 5.94. The Bertz CT molecular complexity index is 970. The van der Waals surface area contributed by atoms with Crippen molar-refractivity contribution in [3.63, 3.8) is 0 Å². The molecule has 6 nitrogen and oxygen atoms in total. The maximum absolute atomic E-state index is 11.9. The Labute approximate surface area is 145 Å². The lowest BCUT2D eigenvalue weighted by Gasteiger charge is -2.09. The van der Waals surface area contributed by atoms with Crippen molar-refractivity contribution in [2.45, 2.75) is 13.5 Å². The molecule has 126 valence electrons. The summed E-state index contributed by atoms with van der Waals surface area (Å²) in [5.41, 5.74) is 2.08. The lowest BCUT2D eigenvalue weighted by molar-refractivity contribution is 0.0519. The number of esters is 1. The SMILES string of the molecule is CCOC(=O)c1cc2ccn(Cc3cccc(OC)c3)c2c(C#N)n1. The van der Waals surface area contributed by atoms with Gasteiger partial charge in [0.25, 0.3) is 0 Å². The van der Waals surface area contributed by atoms with E-state index in [-0.39, 0.29) is 18.0 Å². The fraction of sp³-hybridized carbons (Fsp3) is 0.211. The number of carbonyl (C=O) groups excluding carboxylic acids is 1. The van der Waals surface area contributed by atoms with E-state index in [2.05, 4.69) is 11.1 Å². The van der Waals surface area contributed by atoms with Crippen molar-refractivity contribution in [2.24, 2.45) is 0 Å². The molecule has 2 aromatic heterocycles. The molecule has 6 heteroatoms. The van der Waals surface area contributed by atoms with Crippen molar-refractivity contribution in [1.82, 2.24) is 9.55 Å². The van der Waals surface area contributed by atoms with Gasteiger partial charge >= 0.3 is 5.97 Å². The second-order valence-electron chi connectivity index (χ2n) is 5.42. The number of ether oxygens (including phenoxy) is 2. The molecule has 0 unspecified atom stereocenters. The number of pyridine rings is 1. The van der Waals surface area contributed by atoms with E-state index in [1.165, 1.54) is 0 Å². The number of hydrogen-bond donors (Lipinski definition) is 0. The molecule has 2 heterocycles. The van der Waals surface area contributed by atoms with Crippen LogP contribution in [-0.2, 0) is 11.3 Å². The molecule has 0 aliphatic heterocycles. The number of benzene rings is 1. The van der Waals surface area contributed by atoms with Crippen LogP contribution in [0.2, 0.25) is 0 Å². The molecule has 1 aromatic carbocycles. The normalized spacial score (nSPS) is 10.4. The second kappa shape index (κ2) is 7.05. The van der Waals surface area contributed by atoms with Crippen molar-refractivity contribution in [3.8, 4) is 11.8 Å². The van der Waals surface area contributed by atoms with Gasteiger partial charge in [0.05, 0.1) is 19.2 Å². The molecule has 0 aliphatic carbocycles. The Kier molecular flexibility index (Phi) is 4.66. The van der Waals surface area contributed by atoms with E-state index in [1.807, 2.05) is 41.1 Å². The van der Waals surface area contributed by atoms with E-state index in [0.717, 1.165) is 16.7 Å². The molecule has 25 heavy (non-hydrogen) atoms. The van der Waals surface area contributed by atoms with E-state index in [9.17, 15) is 10.1 Å². The number of rotatable bonds is 5. The lowest BCUT2D eigenvalue weighted by atomic mass is 10.2. The quantitative estimate of drug-likeness (QED) is 0.669. The van der Waals surface area contributed by atoms with Crippen LogP contribution in [0, 0.1) is 11.3 Å². The van der Waals surface area contributed by atoms with Crippen molar-refractivity contribution < 1.29 is 14.3 Å². The topological polar surface area (TPSA) is 77.1 Å². The fourth-order valence-corrected chi connectivity index (χ4v) is 2.72. The van der Waals surface area contributed by atoms with Crippen LogP contribution in [0.5, 0.6) is 5.75 Å². The molecule has 0 amide bonds. The van der Waals surface area contributed by atoms with Gasteiger partial charge in [0, 0.05) is 18.1 Å². The maximum atomic E-state index is 11.9. The fourth-order valence-electron chi connectivity index (χ4n) is 2.72. The van der Waals surface area contributed by atoms with Crippen LogP contribution < -0.4 is 4.74 Å². The minimum Gasteiger partial charge on any atom is -0.497 e. The van der Waals surface area contributed by atoms with Crippen LogP contribution in [0.3, 0.4) is 0 Å². The van der Waals surface area contributed by atoms with Gasteiger partial charge in [0.1, 0.15) is 11.8 Å². The van der Waals surface area contributed by atoms with Crippen molar-refractivity contribution in [1.29, 1.82) is 5.26 Å². The highest BCUT2D eigenvalue weighted by Crippen LogP contribution is 2.22. The van der Waals surface area contributed by atoms with Gasteiger partial charge in [-0.2, -0.15) is 5.26 Å². The number of aromatic nitrogens is 2. The van der Waals surface area contributed by atoms with Gasteiger partial charge < -0.3 is 14.0 Å². The zero-order chi connectivity index (χ0) is 17.8. The smallest absolute Gasteiger partial charge is 0.356 e. The molecule has 0 aliphatic rings. The van der Waals surface area contributed by atoms with Crippen LogP contribution >= 0.6 is 0 Å². The van der Waals surface area contributed by atoms with Crippen molar-refractivity contribution in [2.75, 3.05) is 13.7 Å². The number of nitriles is 1. The van der Waals surface area contributed by atoms with Crippen molar-refractivity contribution in [3.05, 3.63) is 59.5 Å². The minimum atomic E-state index is -0.526. The summed E-state index contributed by atoms with van der Waals surface area (Å²) in [6.45, 7) is 2.55. The Morgan fingerprint density at radius 2 is 2.16 bits per heavy atom. The van der Waals surface area contributed by atoms with Gasteiger partial charge in [0.2, 0.25) is 0 Å². The summed E-state index contributed by atoms with van der Waals surface area (Å²) in [5, 5.41) is 10.2. The summed E-state index contributed by atoms with van der Waals surface area (Å²) in [5.74, 6) is 0.249. The zero-order valence-electron chi connectivity index (χ0n) is 14.0. The zero-order valence-corrected chi connectivity index (χ0v) is 14.0. The van der Waals surface area contributed by atoms with Gasteiger partial charge in [-0.15, -0.1) is 0 Å². The summed E-state index contributed by atoms with van der Waals surface area (Å²) in [6, 6.07) is 13.3. The molecular weight excluding hydrogens is 318 g/mol. The first-order chi connectivity index (χ1) is 12.2. The monoisotopic (exact) mass is 335 g/mol. The first kappa shape index (κ1) is 16.5. The third-order valence-electron chi connectivity index (χ3n) is 3.82. The van der Waals surface area contributed by atoms with Crippen LogP contribution in [-0.4, -0.2) is 29.2 Å². The first-order valence-electron chi connectivity index (χ1n) is 7.86. The second-order valence-corrected chi connectivity index (χ2v) is 5.42. The molecule has 3 rings (SSSR count). The third-order valence-corrected chi connectivity index (χ3v) is 3.82. The third kappa shape index (κ3) is 3.31. The van der Waals surface area contributed by atoms with E-state index in [4.69, 9.17) is 9.47 Å². The molecule has 3 aromatic rings. The van der Waals surface area contributed by atoms with Gasteiger partial charge in [-0.05, 0) is 36.8 Å². The number of fused-ring (bicyclic) bond motifs is 1. The first-order valence-corrected chi connectivity index (χ1v) is 7.86. The van der Waals surface area contributed by atoms with Gasteiger partial charge in [-0.25, -0.2) is 9.78 Å². The van der Waals surface area contributed by atoms with Crippen LogP contribution in [0.15, 0.2) is 42.6 Å². The number of carbonyl (C=O) groups is 1. The van der Waals surface area contributed by atoms with E-state index >= 15 is 0 Å². The number of nitrogens with zero attached hydrogens (tertiary/aromatic N) is 3. The lowest BCUT2D eigenvalue weighted by Crippen LogP contribution is -2.09. The highest BCUT2D eigenvalue weighted by atomic mass is 16.5. The molecule has 0 bridgehead atoms. The Balaban J connectivity index is 2.03. The van der Waals surface area contributed by atoms with E-state index in [1.54, 1.807) is 20.1 Å². The summed E-state index contributed by atoms with van der Waals surface area (Å²) < 4.78 is 12.2. The Hall–Kier alpha value is -3.33. The summed E-state index contributed by atoms with van der Waals surface area (Å²) in [4.78, 5) is 16.1. The summed E-state index contributed by atoms with van der Waals surface area (Å²) in [7, 11) is 1.62.